The van der Waals surface area contributed by atoms with Crippen LogP contribution in [-0.4, -0.2) is 18.6 Å². The Morgan fingerprint density at radius 1 is 1.35 bits per heavy atom. The van der Waals surface area contributed by atoms with Crippen LogP contribution in [0.4, 0.5) is 5.69 Å². The molecule has 0 aliphatic rings. The average Bonchev–Trinajstić information content (AvgIpc) is 2.43. The van der Waals surface area contributed by atoms with Gasteiger partial charge in [-0.05, 0) is 24.0 Å². The van der Waals surface area contributed by atoms with Gasteiger partial charge >= 0.3 is 0 Å². The van der Waals surface area contributed by atoms with Crippen molar-refractivity contribution >= 4 is 11.6 Å². The number of nitrogens with two attached hydrogens (primary N) is 1. The molecule has 0 aliphatic heterocycles. The first-order valence-electron chi connectivity index (χ1n) is 7.23. The minimum Gasteiger partial charge on any atom is -0.493 e. The Bertz CT molecular complexity index is 432. The third-order valence-electron chi connectivity index (χ3n) is 3.24. The number of hydrogen-bond donors (Lipinski definition) is 2. The number of hydrogen-bond acceptors (Lipinski definition) is 3. The van der Waals surface area contributed by atoms with Crippen molar-refractivity contribution in [2.45, 2.75) is 40.2 Å². The molecule has 4 nitrogen and oxygen atoms in total. The van der Waals surface area contributed by atoms with Gasteiger partial charge in [0.1, 0.15) is 5.75 Å². The van der Waals surface area contributed by atoms with E-state index >= 15 is 0 Å². The van der Waals surface area contributed by atoms with Gasteiger partial charge < -0.3 is 15.8 Å². The van der Waals surface area contributed by atoms with Crippen molar-refractivity contribution in [3.8, 4) is 5.75 Å². The van der Waals surface area contributed by atoms with Gasteiger partial charge in [0.25, 0.3) is 0 Å². The van der Waals surface area contributed by atoms with Gasteiger partial charge in [-0.15, -0.1) is 0 Å². The summed E-state index contributed by atoms with van der Waals surface area (Å²) in [6.45, 7) is 8.85. The maximum absolute atomic E-state index is 12.0. The van der Waals surface area contributed by atoms with Crippen molar-refractivity contribution in [1.29, 1.82) is 0 Å². The Labute approximate surface area is 121 Å². The monoisotopic (exact) mass is 278 g/mol. The number of carbonyl (C=O) groups excluding carboxylic acids is 1. The largest absolute Gasteiger partial charge is 0.493 e. The van der Waals surface area contributed by atoms with E-state index in [1.807, 2.05) is 38.1 Å². The predicted molar refractivity (Wildman–Crippen MR) is 82.8 cm³/mol. The van der Waals surface area contributed by atoms with E-state index in [0.717, 1.165) is 17.9 Å². The molecule has 0 bridgehead atoms. The topological polar surface area (TPSA) is 64.4 Å². The minimum atomic E-state index is -0.486. The van der Waals surface area contributed by atoms with Crippen LogP contribution in [-0.2, 0) is 4.79 Å². The summed E-state index contributed by atoms with van der Waals surface area (Å²) >= 11 is 0. The van der Waals surface area contributed by atoms with Gasteiger partial charge in [-0.2, -0.15) is 0 Å². The highest BCUT2D eigenvalue weighted by molar-refractivity contribution is 5.95. The number of benzene rings is 1. The standard InChI is InChI=1S/C16H26N2O2/c1-5-12(4)15(17)16(19)18-13-7-6-8-14(9-13)20-10-11(2)3/h6-9,11-12,15H,5,10,17H2,1-4H3,(H,18,19). The molecular formula is C16H26N2O2. The molecule has 2 atom stereocenters. The van der Waals surface area contributed by atoms with Gasteiger partial charge in [0, 0.05) is 11.8 Å². The number of rotatable bonds is 7. The fraction of sp³-hybridized carbons (Fsp3) is 0.562. The van der Waals surface area contributed by atoms with E-state index in [4.69, 9.17) is 10.5 Å². The molecule has 20 heavy (non-hydrogen) atoms. The molecule has 0 aliphatic carbocycles. The summed E-state index contributed by atoms with van der Waals surface area (Å²) < 4.78 is 5.64. The highest BCUT2D eigenvalue weighted by atomic mass is 16.5. The van der Waals surface area contributed by atoms with E-state index in [0.29, 0.717) is 12.5 Å². The van der Waals surface area contributed by atoms with Gasteiger partial charge in [0.05, 0.1) is 12.6 Å². The fourth-order valence-electron chi connectivity index (χ4n) is 1.66. The van der Waals surface area contributed by atoms with Gasteiger partial charge in [0.2, 0.25) is 5.91 Å². The molecule has 0 aromatic heterocycles. The van der Waals surface area contributed by atoms with E-state index < -0.39 is 6.04 Å². The lowest BCUT2D eigenvalue weighted by Crippen LogP contribution is -2.40. The van der Waals surface area contributed by atoms with E-state index in [2.05, 4.69) is 19.2 Å². The van der Waals surface area contributed by atoms with Crippen LogP contribution in [0.2, 0.25) is 0 Å². The molecule has 1 aromatic carbocycles. The Kier molecular flexibility index (Phi) is 6.52. The summed E-state index contributed by atoms with van der Waals surface area (Å²) in [6, 6.07) is 6.92. The molecule has 0 radical (unpaired) electrons. The summed E-state index contributed by atoms with van der Waals surface area (Å²) in [6.07, 6.45) is 0.881. The smallest absolute Gasteiger partial charge is 0.241 e. The van der Waals surface area contributed by atoms with Crippen LogP contribution in [0.1, 0.15) is 34.1 Å². The van der Waals surface area contributed by atoms with Crippen LogP contribution >= 0.6 is 0 Å². The molecule has 0 spiro atoms. The molecule has 1 aromatic rings. The second kappa shape index (κ2) is 7.90. The highest BCUT2D eigenvalue weighted by Crippen LogP contribution is 2.18. The maximum Gasteiger partial charge on any atom is 0.241 e. The molecule has 0 fully saturated rings. The second-order valence-electron chi connectivity index (χ2n) is 5.63. The van der Waals surface area contributed by atoms with Gasteiger partial charge in [-0.1, -0.05) is 40.2 Å². The predicted octanol–water partition coefficient (Wildman–Crippen LogP) is 3.03. The minimum absolute atomic E-state index is 0.152. The fourth-order valence-corrected chi connectivity index (χ4v) is 1.66. The Morgan fingerprint density at radius 2 is 2.05 bits per heavy atom. The lowest BCUT2D eigenvalue weighted by molar-refractivity contribution is -0.118. The zero-order valence-corrected chi connectivity index (χ0v) is 12.8. The average molecular weight is 278 g/mol. The van der Waals surface area contributed by atoms with Crippen molar-refractivity contribution < 1.29 is 9.53 Å². The van der Waals surface area contributed by atoms with Crippen LogP contribution in [0.25, 0.3) is 0 Å². The summed E-state index contributed by atoms with van der Waals surface area (Å²) in [5.41, 5.74) is 6.63. The third kappa shape index (κ3) is 5.21. The first-order valence-corrected chi connectivity index (χ1v) is 7.23. The van der Waals surface area contributed by atoms with Gasteiger partial charge in [-0.3, -0.25) is 4.79 Å². The number of ether oxygens (including phenoxy) is 1. The molecular weight excluding hydrogens is 252 g/mol. The Morgan fingerprint density at radius 3 is 2.65 bits per heavy atom. The van der Waals surface area contributed by atoms with Crippen molar-refractivity contribution in [2.24, 2.45) is 17.6 Å². The molecule has 0 heterocycles. The SMILES string of the molecule is CCC(C)C(N)C(=O)Nc1cccc(OCC(C)C)c1. The molecule has 3 N–H and O–H groups in total. The van der Waals surface area contributed by atoms with Crippen molar-refractivity contribution in [3.05, 3.63) is 24.3 Å². The van der Waals surface area contributed by atoms with E-state index in [9.17, 15) is 4.79 Å². The van der Waals surface area contributed by atoms with Crippen LogP contribution in [0.15, 0.2) is 24.3 Å². The van der Waals surface area contributed by atoms with Crippen LogP contribution in [0, 0.1) is 11.8 Å². The van der Waals surface area contributed by atoms with Crippen molar-refractivity contribution in [1.82, 2.24) is 0 Å². The van der Waals surface area contributed by atoms with E-state index in [1.165, 1.54) is 0 Å². The number of carbonyl (C=O) groups is 1. The molecule has 4 heteroatoms. The normalized spacial score (nSPS) is 13.9. The molecule has 1 rings (SSSR count). The van der Waals surface area contributed by atoms with Crippen molar-refractivity contribution in [2.75, 3.05) is 11.9 Å². The Hall–Kier alpha value is -1.55. The molecule has 2 unspecified atom stereocenters. The quantitative estimate of drug-likeness (QED) is 0.805. The summed E-state index contributed by atoms with van der Waals surface area (Å²) in [7, 11) is 0. The third-order valence-corrected chi connectivity index (χ3v) is 3.24. The maximum atomic E-state index is 12.0. The van der Waals surface area contributed by atoms with Gasteiger partial charge in [-0.25, -0.2) is 0 Å². The molecule has 0 saturated heterocycles. The molecule has 0 saturated carbocycles. The number of anilines is 1. The zero-order valence-electron chi connectivity index (χ0n) is 12.8. The molecule has 1 amide bonds. The second-order valence-corrected chi connectivity index (χ2v) is 5.63. The van der Waals surface area contributed by atoms with E-state index in [-0.39, 0.29) is 11.8 Å². The Balaban J connectivity index is 2.63. The summed E-state index contributed by atoms with van der Waals surface area (Å²) in [5.74, 6) is 1.23. The van der Waals surface area contributed by atoms with Crippen LogP contribution < -0.4 is 15.8 Å². The van der Waals surface area contributed by atoms with E-state index in [1.54, 1.807) is 0 Å². The van der Waals surface area contributed by atoms with Gasteiger partial charge in [0.15, 0.2) is 0 Å². The number of amides is 1. The summed E-state index contributed by atoms with van der Waals surface area (Å²) in [4.78, 5) is 12.0. The first kappa shape index (κ1) is 16.5. The number of nitrogens with one attached hydrogen (secondary N) is 1. The van der Waals surface area contributed by atoms with Crippen molar-refractivity contribution in [3.63, 3.8) is 0 Å². The lowest BCUT2D eigenvalue weighted by Gasteiger charge is -2.18. The van der Waals surface area contributed by atoms with Crippen LogP contribution in [0.5, 0.6) is 5.75 Å². The summed E-state index contributed by atoms with van der Waals surface area (Å²) in [5, 5.41) is 2.84. The zero-order chi connectivity index (χ0) is 15.1. The molecule has 112 valence electrons. The first-order chi connectivity index (χ1) is 9.43. The van der Waals surface area contributed by atoms with Crippen LogP contribution in [0.3, 0.4) is 0 Å². The lowest BCUT2D eigenvalue weighted by atomic mass is 9.99. The highest BCUT2D eigenvalue weighted by Gasteiger charge is 2.19.